The second-order valence-corrected chi connectivity index (χ2v) is 14.5. The van der Waals surface area contributed by atoms with E-state index < -0.39 is 29.0 Å². The first-order valence-electron chi connectivity index (χ1n) is 18.0. The molecule has 1 aliphatic carbocycles. The summed E-state index contributed by atoms with van der Waals surface area (Å²) >= 11 is 0. The predicted octanol–water partition coefficient (Wildman–Crippen LogP) is 7.95. The fourth-order valence-corrected chi connectivity index (χ4v) is 7.71. The van der Waals surface area contributed by atoms with Gasteiger partial charge in [-0.05, 0) is 78.2 Å². The molecule has 3 aliphatic rings. The monoisotopic (exact) mass is 718 g/mol. The molecule has 0 unspecified atom stereocenters. The molecule has 2 aromatic heterocycles. The van der Waals surface area contributed by atoms with E-state index in [1.165, 1.54) is 24.4 Å². The van der Waals surface area contributed by atoms with Gasteiger partial charge in [-0.2, -0.15) is 17.6 Å². The minimum Gasteiger partial charge on any atom is -0.379 e. The smallest absolute Gasteiger partial charge is 0.340 e. The van der Waals surface area contributed by atoms with Crippen molar-refractivity contribution in [3.05, 3.63) is 77.7 Å². The van der Waals surface area contributed by atoms with Crippen molar-refractivity contribution in [2.24, 2.45) is 5.92 Å². The highest BCUT2D eigenvalue weighted by Crippen LogP contribution is 2.58. The third-order valence-electron chi connectivity index (χ3n) is 10.5. The van der Waals surface area contributed by atoms with E-state index in [2.05, 4.69) is 25.1 Å². The molecule has 8 rings (SSSR count). The van der Waals surface area contributed by atoms with Gasteiger partial charge in [0.05, 0.1) is 48.7 Å². The number of ether oxygens (including phenoxy) is 2. The maximum Gasteiger partial charge on any atom is 0.340 e. The number of nitrogens with one attached hydrogen (secondary N) is 3. The number of carbonyl (C=O) groups excluding carboxylic acids is 1. The topological polar surface area (TPSA) is 100 Å². The van der Waals surface area contributed by atoms with E-state index in [4.69, 9.17) is 9.47 Å². The lowest BCUT2D eigenvalue weighted by atomic mass is 9.78. The average Bonchev–Trinajstić information content (AvgIpc) is 3.83. The van der Waals surface area contributed by atoms with Gasteiger partial charge < -0.3 is 24.7 Å². The van der Waals surface area contributed by atoms with Crippen LogP contribution in [0.5, 0.6) is 0 Å². The Morgan fingerprint density at radius 2 is 1.60 bits per heavy atom. The summed E-state index contributed by atoms with van der Waals surface area (Å²) in [5.74, 6) is -8.51. The predicted molar refractivity (Wildman–Crippen MR) is 189 cm³/mol. The molecule has 9 nitrogen and oxygen atoms in total. The molecule has 4 heterocycles. The molecule has 52 heavy (non-hydrogen) atoms. The molecule has 1 amide bonds. The Balaban J connectivity index is 1.09. The van der Waals surface area contributed by atoms with E-state index in [-0.39, 0.29) is 35.2 Å². The number of halogens is 4. The number of amides is 1. The van der Waals surface area contributed by atoms with E-state index >= 15 is 17.6 Å². The van der Waals surface area contributed by atoms with Gasteiger partial charge in [-0.3, -0.25) is 14.6 Å². The van der Waals surface area contributed by atoms with E-state index in [9.17, 15) is 4.79 Å². The minimum absolute atomic E-state index is 0.0481. The van der Waals surface area contributed by atoms with Gasteiger partial charge in [0.25, 0.3) is 0 Å². The Morgan fingerprint density at radius 1 is 0.904 bits per heavy atom. The van der Waals surface area contributed by atoms with Crippen LogP contribution in [-0.2, 0) is 32.7 Å². The summed E-state index contributed by atoms with van der Waals surface area (Å²) in [7, 11) is 0. The van der Waals surface area contributed by atoms with Crippen LogP contribution >= 0.6 is 0 Å². The Bertz CT molecular complexity index is 2100. The van der Waals surface area contributed by atoms with E-state index in [1.54, 1.807) is 17.0 Å². The van der Waals surface area contributed by atoms with E-state index in [0.29, 0.717) is 61.3 Å². The highest BCUT2D eigenvalue weighted by atomic mass is 19.3. The number of imidazole rings is 1. The number of benzene rings is 3. The normalized spacial score (nSPS) is 21.5. The maximum atomic E-state index is 16.0. The Morgan fingerprint density at radius 3 is 2.31 bits per heavy atom. The lowest BCUT2D eigenvalue weighted by molar-refractivity contribution is -0.225. The van der Waals surface area contributed by atoms with Crippen LogP contribution in [0.1, 0.15) is 62.5 Å². The van der Waals surface area contributed by atoms with Crippen LogP contribution in [0.25, 0.3) is 44.5 Å². The highest BCUT2D eigenvalue weighted by Gasteiger charge is 2.62. The van der Waals surface area contributed by atoms with Gasteiger partial charge in [0, 0.05) is 35.8 Å². The van der Waals surface area contributed by atoms with Crippen LogP contribution in [0.3, 0.4) is 0 Å². The summed E-state index contributed by atoms with van der Waals surface area (Å²) in [5, 5.41) is 6.79. The van der Waals surface area contributed by atoms with Gasteiger partial charge >= 0.3 is 11.8 Å². The molecule has 5 aromatic rings. The van der Waals surface area contributed by atoms with Crippen molar-refractivity contribution in [1.29, 1.82) is 0 Å². The number of fused-ring (bicyclic) bond motifs is 4. The zero-order chi connectivity index (χ0) is 36.2. The van der Waals surface area contributed by atoms with Crippen molar-refractivity contribution >= 4 is 16.9 Å². The third kappa shape index (κ3) is 6.12. The summed E-state index contributed by atoms with van der Waals surface area (Å²) in [5.41, 5.74) is 2.26. The van der Waals surface area contributed by atoms with Crippen molar-refractivity contribution in [2.75, 3.05) is 33.1 Å². The number of rotatable bonds is 7. The molecule has 3 aromatic carbocycles. The number of carbonyl (C=O) groups is 1. The zero-order valence-electron chi connectivity index (χ0n) is 29.2. The third-order valence-corrected chi connectivity index (χ3v) is 10.5. The number of H-pyrrole nitrogens is 2. The van der Waals surface area contributed by atoms with E-state index in [0.717, 1.165) is 43.0 Å². The lowest BCUT2D eigenvalue weighted by Gasteiger charge is -2.35. The van der Waals surface area contributed by atoms with Gasteiger partial charge in [0.2, 0.25) is 5.91 Å². The molecule has 0 radical (unpaired) electrons. The molecule has 274 valence electrons. The van der Waals surface area contributed by atoms with Crippen LogP contribution in [-0.4, -0.2) is 69.7 Å². The van der Waals surface area contributed by atoms with Crippen LogP contribution < -0.4 is 5.32 Å². The number of nitrogens with zero attached hydrogens (tertiary/aromatic N) is 3. The van der Waals surface area contributed by atoms with Gasteiger partial charge in [0.15, 0.2) is 0 Å². The zero-order valence-corrected chi connectivity index (χ0v) is 29.2. The van der Waals surface area contributed by atoms with Crippen molar-refractivity contribution in [1.82, 2.24) is 30.0 Å². The second-order valence-electron chi connectivity index (χ2n) is 14.5. The number of alkyl halides is 4. The molecule has 2 saturated heterocycles. The minimum atomic E-state index is -4.49. The van der Waals surface area contributed by atoms with Gasteiger partial charge in [0.1, 0.15) is 12.6 Å². The molecule has 3 N–H and O–H groups in total. The molecule has 0 spiro atoms. The van der Waals surface area contributed by atoms with Crippen LogP contribution in [0.2, 0.25) is 0 Å². The molecule has 0 saturated carbocycles. The Labute approximate surface area is 298 Å². The number of hydrogen-bond acceptors (Lipinski definition) is 5. The summed E-state index contributed by atoms with van der Waals surface area (Å²) in [6.45, 7) is 6.88. The SMILES string of the molecule is CC(C)CC(=O)N1COCCOCC[C@H]1c1ncc(-c2ccc3c(c2)C(F)(F)C(F)(F)c2cc(-c4ccc5c(c4)[nH]n5C[C@@H]4CCCN4)ccc2-3)[nH]1. The summed E-state index contributed by atoms with van der Waals surface area (Å²) < 4.78 is 77.4. The van der Waals surface area contributed by atoms with Crippen molar-refractivity contribution in [3.8, 4) is 33.5 Å². The largest absolute Gasteiger partial charge is 0.379 e. The second kappa shape index (κ2) is 13.5. The first-order valence-corrected chi connectivity index (χ1v) is 18.0. The fraction of sp³-hybridized carbons (Fsp3) is 0.436. The molecule has 0 bridgehead atoms. The lowest BCUT2D eigenvalue weighted by Crippen LogP contribution is -2.39. The average molecular weight is 719 g/mol. The first kappa shape index (κ1) is 34.6. The molecule has 2 atom stereocenters. The van der Waals surface area contributed by atoms with Gasteiger partial charge in [-0.1, -0.05) is 44.2 Å². The number of aromatic nitrogens is 4. The molecular formula is C39H42F4N6O3. The van der Waals surface area contributed by atoms with Crippen molar-refractivity contribution in [3.63, 3.8) is 0 Å². The van der Waals surface area contributed by atoms with Crippen LogP contribution in [0.15, 0.2) is 60.8 Å². The quantitative estimate of drug-likeness (QED) is 0.148. The van der Waals surface area contributed by atoms with Crippen molar-refractivity contribution < 1.29 is 31.8 Å². The van der Waals surface area contributed by atoms with Crippen LogP contribution in [0.4, 0.5) is 17.6 Å². The molecule has 13 heteroatoms. The highest BCUT2D eigenvalue weighted by molar-refractivity contribution is 5.86. The van der Waals surface area contributed by atoms with Crippen LogP contribution in [0, 0.1) is 5.92 Å². The summed E-state index contributed by atoms with van der Waals surface area (Å²) in [6, 6.07) is 14.1. The summed E-state index contributed by atoms with van der Waals surface area (Å²) in [4.78, 5) is 22.6. The molecule has 2 aliphatic heterocycles. The molecule has 2 fully saturated rings. The Kier molecular flexibility index (Phi) is 8.99. The number of aromatic amines is 2. The molecular weight excluding hydrogens is 676 g/mol. The summed E-state index contributed by atoms with van der Waals surface area (Å²) in [6.07, 6.45) is 4.49. The standard InChI is InChI=1S/C39H42F4N6O3/c1-23(2)16-36(50)48-22-52-15-14-51-13-11-35(48)37-45-20-33(46-37)26-6-9-29-28-8-5-24(17-30(28)38(40,41)39(42,43)31(29)18-26)25-7-10-34-32(19-25)47-49(34)21-27-4-3-12-44-27/h5-10,17-20,23,27,35,44,47H,3-4,11-16,21-22H2,1-2H3,(H,45,46)/t27-,35-/m0/s1. The van der Waals surface area contributed by atoms with Gasteiger partial charge in [-0.15, -0.1) is 0 Å². The first-order chi connectivity index (χ1) is 25.0. The van der Waals surface area contributed by atoms with Crippen molar-refractivity contribution in [2.45, 2.75) is 70.0 Å². The number of hydrogen-bond donors (Lipinski definition) is 3. The maximum absolute atomic E-state index is 16.0. The van der Waals surface area contributed by atoms with E-state index in [1.807, 2.05) is 32.0 Å². The Hall–Kier alpha value is -4.46. The fourth-order valence-electron chi connectivity index (χ4n) is 7.71. The van der Waals surface area contributed by atoms with Gasteiger partial charge in [-0.25, -0.2) is 4.98 Å².